The van der Waals surface area contributed by atoms with Crippen molar-refractivity contribution < 1.29 is 0 Å². The van der Waals surface area contributed by atoms with E-state index in [-0.39, 0.29) is 0 Å². The molecule has 0 saturated carbocycles. The van der Waals surface area contributed by atoms with Crippen molar-refractivity contribution in [3.63, 3.8) is 0 Å². The first-order valence-electron chi connectivity index (χ1n) is 4.85. The van der Waals surface area contributed by atoms with Gasteiger partial charge in [0.1, 0.15) is 5.82 Å². The van der Waals surface area contributed by atoms with Gasteiger partial charge in [0.25, 0.3) is 0 Å². The molecular weight excluding hydrogens is 206 g/mol. The number of anilines is 1. The van der Waals surface area contributed by atoms with Crippen molar-refractivity contribution in [2.45, 2.75) is 11.8 Å². The molecule has 0 atom stereocenters. The monoisotopic (exact) mass is 217 g/mol. The van der Waals surface area contributed by atoms with Gasteiger partial charge in [-0.1, -0.05) is 0 Å². The van der Waals surface area contributed by atoms with Crippen LogP contribution in [0.5, 0.6) is 0 Å². The summed E-state index contributed by atoms with van der Waals surface area (Å²) >= 11 is 1.84. The van der Waals surface area contributed by atoms with Crippen LogP contribution in [0.3, 0.4) is 0 Å². The summed E-state index contributed by atoms with van der Waals surface area (Å²) in [5, 5.41) is 3.34. The molecule has 0 amide bonds. The van der Waals surface area contributed by atoms with Gasteiger partial charge in [-0.15, -0.1) is 11.8 Å². The fraction of sp³-hybridized carbons (Fsp3) is 0.182. The number of thioether (sulfide) groups is 1. The van der Waals surface area contributed by atoms with Crippen LogP contribution in [0.25, 0.3) is 11.4 Å². The molecule has 0 aliphatic carbocycles. The standard InChI is InChI=1S/C11H11N3S/c1-7-5-12-11(14-7)8-2-3-10-9(4-8)13-6-15-10/h2-5,13H,6H2,1H3,(H,12,14). The molecule has 15 heavy (non-hydrogen) atoms. The predicted molar refractivity (Wildman–Crippen MR) is 63.1 cm³/mol. The molecule has 3 rings (SSSR count). The molecule has 0 bridgehead atoms. The Morgan fingerprint density at radius 2 is 2.33 bits per heavy atom. The number of H-pyrrole nitrogens is 1. The van der Waals surface area contributed by atoms with Gasteiger partial charge in [0.2, 0.25) is 0 Å². The minimum Gasteiger partial charge on any atom is -0.375 e. The number of nitrogens with one attached hydrogen (secondary N) is 2. The van der Waals surface area contributed by atoms with Crippen molar-refractivity contribution in [1.29, 1.82) is 0 Å². The van der Waals surface area contributed by atoms with Gasteiger partial charge < -0.3 is 10.3 Å². The Balaban J connectivity index is 2.06. The molecule has 4 heteroatoms. The maximum Gasteiger partial charge on any atom is 0.137 e. The second-order valence-electron chi connectivity index (χ2n) is 3.59. The Bertz CT molecular complexity index is 504. The van der Waals surface area contributed by atoms with Gasteiger partial charge in [-0.25, -0.2) is 4.98 Å². The lowest BCUT2D eigenvalue weighted by molar-refractivity contribution is 1.25. The van der Waals surface area contributed by atoms with E-state index in [9.17, 15) is 0 Å². The molecule has 0 fully saturated rings. The minimum atomic E-state index is 0.939. The summed E-state index contributed by atoms with van der Waals surface area (Å²) in [5.41, 5.74) is 3.44. The topological polar surface area (TPSA) is 40.7 Å². The van der Waals surface area contributed by atoms with Gasteiger partial charge in [-0.3, -0.25) is 0 Å². The van der Waals surface area contributed by atoms with Crippen LogP contribution < -0.4 is 5.32 Å². The van der Waals surface area contributed by atoms with E-state index in [1.807, 2.05) is 24.9 Å². The SMILES string of the molecule is Cc1cnc(-c2ccc3c(c2)NCS3)[nH]1. The number of aromatic nitrogens is 2. The van der Waals surface area contributed by atoms with Gasteiger partial charge >= 0.3 is 0 Å². The van der Waals surface area contributed by atoms with Crippen LogP contribution in [0.4, 0.5) is 5.69 Å². The molecule has 0 unspecified atom stereocenters. The largest absolute Gasteiger partial charge is 0.375 e. The van der Waals surface area contributed by atoms with Gasteiger partial charge in [-0.2, -0.15) is 0 Å². The molecule has 1 aliphatic rings. The van der Waals surface area contributed by atoms with Crippen LogP contribution in [-0.2, 0) is 0 Å². The van der Waals surface area contributed by atoms with Crippen molar-refractivity contribution in [3.05, 3.63) is 30.1 Å². The molecule has 3 nitrogen and oxygen atoms in total. The molecule has 2 N–H and O–H groups in total. The van der Waals surface area contributed by atoms with E-state index in [4.69, 9.17) is 0 Å². The van der Waals surface area contributed by atoms with Crippen molar-refractivity contribution in [2.24, 2.45) is 0 Å². The van der Waals surface area contributed by atoms with Gasteiger partial charge in [0.05, 0.1) is 5.88 Å². The molecular formula is C11H11N3S. The van der Waals surface area contributed by atoms with E-state index < -0.39 is 0 Å². The highest BCUT2D eigenvalue weighted by Gasteiger charge is 2.12. The minimum absolute atomic E-state index is 0.939. The number of fused-ring (bicyclic) bond motifs is 1. The number of rotatable bonds is 1. The first kappa shape index (κ1) is 8.85. The van der Waals surface area contributed by atoms with E-state index in [0.717, 1.165) is 23.0 Å². The van der Waals surface area contributed by atoms with Crippen LogP contribution in [0, 0.1) is 6.92 Å². The highest BCUT2D eigenvalue weighted by Crippen LogP contribution is 2.35. The van der Waals surface area contributed by atoms with Crippen LogP contribution in [0.2, 0.25) is 0 Å². The van der Waals surface area contributed by atoms with Crippen LogP contribution in [0.15, 0.2) is 29.3 Å². The van der Waals surface area contributed by atoms with E-state index in [1.54, 1.807) is 0 Å². The lowest BCUT2D eigenvalue weighted by atomic mass is 10.2. The Morgan fingerprint density at radius 3 is 3.13 bits per heavy atom. The zero-order chi connectivity index (χ0) is 10.3. The van der Waals surface area contributed by atoms with Crippen molar-refractivity contribution >= 4 is 17.4 Å². The quantitative estimate of drug-likeness (QED) is 0.771. The maximum absolute atomic E-state index is 4.32. The van der Waals surface area contributed by atoms with Crippen LogP contribution in [-0.4, -0.2) is 15.8 Å². The number of benzene rings is 1. The average Bonchev–Trinajstić information content (AvgIpc) is 2.84. The molecule has 1 aliphatic heterocycles. The third-order valence-electron chi connectivity index (χ3n) is 2.45. The summed E-state index contributed by atoms with van der Waals surface area (Å²) in [7, 11) is 0. The number of hydrogen-bond acceptors (Lipinski definition) is 3. The molecule has 0 radical (unpaired) electrons. The molecule has 2 aromatic rings. The molecule has 1 aromatic heterocycles. The van der Waals surface area contributed by atoms with Gasteiger partial charge in [-0.05, 0) is 25.1 Å². The fourth-order valence-electron chi connectivity index (χ4n) is 1.69. The summed E-state index contributed by atoms with van der Waals surface area (Å²) in [5.74, 6) is 1.91. The number of hydrogen-bond donors (Lipinski definition) is 2. The van der Waals surface area contributed by atoms with Crippen molar-refractivity contribution in [1.82, 2.24) is 9.97 Å². The summed E-state index contributed by atoms with van der Waals surface area (Å²) in [6, 6.07) is 6.40. The normalized spacial score (nSPS) is 13.7. The second-order valence-corrected chi connectivity index (χ2v) is 4.61. The maximum atomic E-state index is 4.32. The summed E-state index contributed by atoms with van der Waals surface area (Å²) in [6.45, 7) is 2.01. The first-order chi connectivity index (χ1) is 7.33. The third-order valence-corrected chi connectivity index (χ3v) is 3.40. The molecule has 1 aromatic carbocycles. The van der Waals surface area contributed by atoms with E-state index in [1.165, 1.54) is 10.6 Å². The lowest BCUT2D eigenvalue weighted by Crippen LogP contribution is -1.89. The van der Waals surface area contributed by atoms with Crippen molar-refractivity contribution in [3.8, 4) is 11.4 Å². The average molecular weight is 217 g/mol. The number of nitrogens with zero attached hydrogens (tertiary/aromatic N) is 1. The molecule has 2 heterocycles. The molecule has 0 spiro atoms. The van der Waals surface area contributed by atoms with Crippen LogP contribution >= 0.6 is 11.8 Å². The Kier molecular flexibility index (Phi) is 1.95. The number of aromatic amines is 1. The highest BCUT2D eigenvalue weighted by molar-refractivity contribution is 7.99. The predicted octanol–water partition coefficient (Wildman–Crippen LogP) is 2.86. The second kappa shape index (κ2) is 3.31. The van der Waals surface area contributed by atoms with E-state index in [2.05, 4.69) is 33.5 Å². The Hall–Kier alpha value is -1.42. The van der Waals surface area contributed by atoms with E-state index in [0.29, 0.717) is 0 Å². The van der Waals surface area contributed by atoms with Crippen molar-refractivity contribution in [2.75, 3.05) is 11.2 Å². The van der Waals surface area contributed by atoms with E-state index >= 15 is 0 Å². The Morgan fingerprint density at radius 1 is 1.40 bits per heavy atom. The van der Waals surface area contributed by atoms with Crippen LogP contribution in [0.1, 0.15) is 5.69 Å². The summed E-state index contributed by atoms with van der Waals surface area (Å²) in [4.78, 5) is 8.88. The lowest BCUT2D eigenvalue weighted by Gasteiger charge is -2.01. The first-order valence-corrected chi connectivity index (χ1v) is 5.84. The summed E-state index contributed by atoms with van der Waals surface area (Å²) < 4.78 is 0. The number of imidazole rings is 1. The zero-order valence-corrected chi connectivity index (χ0v) is 9.19. The Labute approximate surface area is 92.3 Å². The zero-order valence-electron chi connectivity index (χ0n) is 8.37. The smallest absolute Gasteiger partial charge is 0.137 e. The fourth-order valence-corrected chi connectivity index (χ4v) is 2.53. The summed E-state index contributed by atoms with van der Waals surface area (Å²) in [6.07, 6.45) is 1.85. The van der Waals surface area contributed by atoms with Gasteiger partial charge in [0, 0.05) is 28.0 Å². The number of aryl methyl sites for hydroxylation is 1. The molecule has 76 valence electrons. The highest BCUT2D eigenvalue weighted by atomic mass is 32.2. The third kappa shape index (κ3) is 1.51. The van der Waals surface area contributed by atoms with Gasteiger partial charge in [0.15, 0.2) is 0 Å². The molecule has 0 saturated heterocycles.